The molecule has 0 aliphatic carbocycles. The van der Waals surface area contributed by atoms with E-state index < -0.39 is 50.1 Å². The lowest BCUT2D eigenvalue weighted by Gasteiger charge is -2.12. The third-order valence-corrected chi connectivity index (χ3v) is 12.4. The summed E-state index contributed by atoms with van der Waals surface area (Å²) < 4.78 is 73.5. The molecule has 0 aliphatic rings. The topological polar surface area (TPSA) is 392 Å². The van der Waals surface area contributed by atoms with E-state index in [2.05, 4.69) is 63.0 Å². The number of benzene rings is 6. The van der Waals surface area contributed by atoms with E-state index in [1.54, 1.807) is 6.07 Å². The van der Waals surface area contributed by atoms with Gasteiger partial charge in [0.2, 0.25) is 0 Å². The molecule has 66 heavy (non-hydrogen) atoms. The summed E-state index contributed by atoms with van der Waals surface area (Å²) in [6.45, 7) is -0.855. The Bertz CT molecular complexity index is 3110. The average molecular weight is 1010 g/mol. The summed E-state index contributed by atoms with van der Waals surface area (Å²) in [6, 6.07) is 18.8. The molecule has 6 rings (SSSR count). The van der Waals surface area contributed by atoms with Gasteiger partial charge in [0.05, 0.1) is 96.9 Å². The van der Waals surface area contributed by atoms with Gasteiger partial charge in [-0.15, -0.1) is 28.3 Å². The molecule has 0 spiro atoms. The zero-order valence-electron chi connectivity index (χ0n) is 32.3. The number of anilines is 1. The molecule has 0 saturated heterocycles. The third kappa shape index (κ3) is 12.5. The van der Waals surface area contributed by atoms with Crippen molar-refractivity contribution in [1.82, 2.24) is 0 Å². The number of hydrogen-bond acceptors (Lipinski definition) is 27. The number of nitrogens with zero attached hydrogens (tertiary/aromatic N) is 6. The number of carboxylic acids is 1. The lowest BCUT2D eigenvalue weighted by Crippen LogP contribution is -2.15. The van der Waals surface area contributed by atoms with Crippen LogP contribution in [0.2, 0.25) is 0 Å². The lowest BCUT2D eigenvalue weighted by molar-refractivity contribution is -0.432. The molecule has 0 fully saturated rings. The molecule has 31 heteroatoms. The maximum Gasteiger partial charge on any atom is 0.397 e. The molecule has 0 saturated carbocycles. The number of aromatic carboxylic acids is 1. The van der Waals surface area contributed by atoms with E-state index in [0.29, 0.717) is 41.5 Å². The first-order valence-corrected chi connectivity index (χ1v) is 22.7. The summed E-state index contributed by atoms with van der Waals surface area (Å²) in [4.78, 5) is 11.4. The van der Waals surface area contributed by atoms with Crippen molar-refractivity contribution in [3.05, 3.63) is 90.5 Å². The van der Waals surface area contributed by atoms with Gasteiger partial charge in [-0.25, -0.2) is 33.2 Å². The van der Waals surface area contributed by atoms with E-state index >= 15 is 0 Å². The van der Waals surface area contributed by atoms with E-state index in [1.807, 2.05) is 0 Å². The predicted octanol–water partition coefficient (Wildman–Crippen LogP) is 9.81. The highest BCUT2D eigenvalue weighted by molar-refractivity contribution is 7.95. The van der Waals surface area contributed by atoms with Gasteiger partial charge in [-0.1, -0.05) is 21.2 Å². The maximum absolute atomic E-state index is 12.6. The number of phenolic OH excluding ortho intramolecular Hbond substituents is 2. The highest BCUT2D eigenvalue weighted by Gasteiger charge is 2.22. The van der Waals surface area contributed by atoms with Crippen LogP contribution in [0.5, 0.6) is 11.5 Å². The number of rotatable bonds is 21. The number of fused-ring (bicyclic) bond motifs is 2. The van der Waals surface area contributed by atoms with E-state index in [-0.39, 0.29) is 81.1 Å². The Morgan fingerprint density at radius 1 is 0.636 bits per heavy atom. The van der Waals surface area contributed by atoms with Gasteiger partial charge in [-0.3, -0.25) is 4.55 Å². The van der Waals surface area contributed by atoms with Crippen molar-refractivity contribution < 1.29 is 89.6 Å². The number of azo groups is 3. The summed E-state index contributed by atoms with van der Waals surface area (Å²) in [7, 11) is -8.96. The highest BCUT2D eigenvalue weighted by Crippen LogP contribution is 2.50. The third-order valence-electron chi connectivity index (χ3n) is 8.46. The standard InChI is InChI=1S/C35H27N7O19S5/c36-26-8-5-21(15-25(26)35(45)46)39-38-20-2-1-17-12-28(63-60-57-48)31(33(43)24(17)14-20)42-40-27-16-22(62-59-56-47)11-18-13-29(64-61-58-49)32(34(44)30(18)27)41-37-19-3-6-23(7-4-19)65(50,51)10-9-55-66(52,53)54/h1-8,11-16,43-44,47-49H,9-10,36H2,(H,45,46)(H,52,53,54)/b39-38+,41-37+,42-40+. The molecule has 0 amide bonds. The van der Waals surface area contributed by atoms with Crippen molar-refractivity contribution in [1.29, 1.82) is 0 Å². The first-order valence-electron chi connectivity index (χ1n) is 17.4. The van der Waals surface area contributed by atoms with Crippen molar-refractivity contribution >= 4 is 124 Å². The number of sulfone groups is 1. The van der Waals surface area contributed by atoms with Crippen molar-refractivity contribution in [2.75, 3.05) is 18.1 Å². The lowest BCUT2D eigenvalue weighted by atomic mass is 10.1. The van der Waals surface area contributed by atoms with Crippen LogP contribution < -0.4 is 5.73 Å². The molecule has 26 nitrogen and oxygen atoms in total. The smallest absolute Gasteiger partial charge is 0.397 e. The number of nitrogens with two attached hydrogens (primary N) is 1. The molecule has 0 bridgehead atoms. The molecular weight excluding hydrogens is 983 g/mol. The largest absolute Gasteiger partial charge is 0.505 e. The quantitative estimate of drug-likeness (QED) is 0.00829. The number of carboxylic acid groups (broad SMARTS) is 1. The minimum atomic E-state index is -4.87. The zero-order valence-corrected chi connectivity index (χ0v) is 36.4. The average Bonchev–Trinajstić information content (AvgIpc) is 3.28. The van der Waals surface area contributed by atoms with E-state index in [4.69, 9.17) is 26.1 Å². The molecule has 0 aromatic heterocycles. The molecule has 6 aromatic carbocycles. The number of hydrogen-bond donors (Lipinski definition) is 8. The second-order valence-electron chi connectivity index (χ2n) is 12.5. The van der Waals surface area contributed by atoms with Crippen LogP contribution in [0.25, 0.3) is 21.5 Å². The number of carbonyl (C=O) groups is 1. The minimum absolute atomic E-state index is 0.0213. The van der Waals surface area contributed by atoms with Gasteiger partial charge in [0.25, 0.3) is 0 Å². The van der Waals surface area contributed by atoms with Gasteiger partial charge in [0, 0.05) is 16.0 Å². The molecule has 0 aliphatic heterocycles. The Kier molecular flexibility index (Phi) is 16.5. The van der Waals surface area contributed by atoms with Gasteiger partial charge in [0.15, 0.2) is 21.3 Å². The van der Waals surface area contributed by atoms with E-state index in [1.165, 1.54) is 66.7 Å². The van der Waals surface area contributed by atoms with E-state index in [0.717, 1.165) is 12.1 Å². The predicted molar refractivity (Wildman–Crippen MR) is 230 cm³/mol. The fourth-order valence-corrected chi connectivity index (χ4v) is 8.56. The highest BCUT2D eigenvalue weighted by atomic mass is 32.3. The van der Waals surface area contributed by atoms with Crippen LogP contribution in [0, 0.1) is 0 Å². The molecule has 0 heterocycles. The number of aromatic hydroxyl groups is 2. The Balaban J connectivity index is 1.42. The molecule has 6 aromatic rings. The molecule has 0 unspecified atom stereocenters. The minimum Gasteiger partial charge on any atom is -0.505 e. The first kappa shape index (κ1) is 49.5. The van der Waals surface area contributed by atoms with Crippen molar-refractivity contribution in [2.24, 2.45) is 30.7 Å². The molecule has 0 radical (unpaired) electrons. The fraction of sp³-hybridized carbons (Fsp3) is 0.0571. The Morgan fingerprint density at radius 3 is 1.83 bits per heavy atom. The van der Waals surface area contributed by atoms with Crippen LogP contribution in [0.15, 0.2) is 135 Å². The van der Waals surface area contributed by atoms with Gasteiger partial charge < -0.3 is 21.1 Å². The van der Waals surface area contributed by atoms with E-state index in [9.17, 15) is 36.9 Å². The normalized spacial score (nSPS) is 12.4. The summed E-state index contributed by atoms with van der Waals surface area (Å²) in [6.07, 6.45) is 0. The molecule has 0 atom stereocenters. The van der Waals surface area contributed by atoms with Crippen molar-refractivity contribution in [3.63, 3.8) is 0 Å². The Hall–Kier alpha value is -5.98. The summed E-state index contributed by atoms with van der Waals surface area (Å²) in [5.74, 6) is -3.20. The second-order valence-corrected chi connectivity index (χ2v) is 18.0. The number of phenols is 2. The molecule has 346 valence electrons. The van der Waals surface area contributed by atoms with Crippen molar-refractivity contribution in [3.8, 4) is 11.5 Å². The summed E-state index contributed by atoms with van der Waals surface area (Å²) in [5, 5.41) is 96.2. The van der Waals surface area contributed by atoms with Crippen molar-refractivity contribution in [2.45, 2.75) is 19.6 Å². The van der Waals surface area contributed by atoms with Crippen LogP contribution in [-0.4, -0.2) is 70.8 Å². The number of nitrogen functional groups attached to an aromatic ring is 1. The van der Waals surface area contributed by atoms with Gasteiger partial charge >= 0.3 is 16.4 Å². The maximum atomic E-state index is 12.6. The summed E-state index contributed by atoms with van der Waals surface area (Å²) >= 11 is 1.27. The molecule has 9 N–H and O–H groups in total. The van der Waals surface area contributed by atoms with Gasteiger partial charge in [-0.05, 0) is 89.6 Å². The van der Waals surface area contributed by atoms with Crippen LogP contribution in [0.3, 0.4) is 0 Å². The SMILES string of the molecule is Nc1ccc(/N=N/c2ccc3cc(SOOO)c(/N=N/c4cc(SOOO)cc5cc(SOOO)c(/N=N/c6ccc(S(=O)(=O)CCOS(=O)(=O)O)cc6)c(O)c45)c(O)c3c2)cc1C(=O)O. The van der Waals surface area contributed by atoms with Crippen LogP contribution in [0.4, 0.5) is 39.8 Å². The molecular formula is C35H27N7O19S5. The summed E-state index contributed by atoms with van der Waals surface area (Å²) in [5.41, 5.74) is 5.21. The Morgan fingerprint density at radius 2 is 1.20 bits per heavy atom. The van der Waals surface area contributed by atoms with Gasteiger partial charge in [0.1, 0.15) is 11.4 Å². The van der Waals surface area contributed by atoms with Crippen LogP contribution in [0.1, 0.15) is 10.4 Å². The van der Waals surface area contributed by atoms with Gasteiger partial charge in [-0.2, -0.15) is 23.8 Å². The first-order chi connectivity index (χ1) is 31.5. The monoisotopic (exact) mass is 1010 g/mol. The zero-order chi connectivity index (χ0) is 47.6. The fourth-order valence-electron chi connectivity index (χ4n) is 5.64. The van der Waals surface area contributed by atoms with Crippen LogP contribution in [-0.2, 0) is 52.5 Å². The van der Waals surface area contributed by atoms with Crippen LogP contribution >= 0.6 is 36.1 Å². The Labute approximate surface area is 381 Å². The second kappa shape index (κ2) is 22.0.